The minimum absolute atomic E-state index is 0.0277. The fraction of sp³-hybridized carbons (Fsp3) is 0.800. The highest BCUT2D eigenvalue weighted by Gasteiger charge is 2.15. The number of carbonyl (C=O) groups is 2. The Morgan fingerprint density at radius 3 is 2.46 bits per heavy atom. The Balaban J connectivity index is 3.63. The monoisotopic (exact) mass is 186 g/mol. The van der Waals surface area contributed by atoms with E-state index in [0.29, 0.717) is 6.61 Å². The Kier molecular flexibility index (Phi) is 6.20. The zero-order chi connectivity index (χ0) is 10.3. The van der Waals surface area contributed by atoms with Crippen LogP contribution >= 0.6 is 0 Å². The van der Waals surface area contributed by atoms with Crippen LogP contribution in [0.15, 0.2) is 0 Å². The molecule has 0 aromatic heterocycles. The number of carbonyl (C=O) groups excluding carboxylic acids is 2. The first-order valence-electron chi connectivity index (χ1n) is 4.74. The summed E-state index contributed by atoms with van der Waals surface area (Å²) in [7, 11) is 0. The van der Waals surface area contributed by atoms with Crippen molar-refractivity contribution in [3.8, 4) is 0 Å². The van der Waals surface area contributed by atoms with Crippen molar-refractivity contribution in [3.05, 3.63) is 0 Å². The third kappa shape index (κ3) is 6.31. The van der Waals surface area contributed by atoms with E-state index in [2.05, 4.69) is 0 Å². The van der Waals surface area contributed by atoms with E-state index in [-0.39, 0.29) is 24.1 Å². The number of rotatable bonds is 6. The maximum Gasteiger partial charge on any atom is 0.309 e. The molecule has 0 aliphatic carbocycles. The molecule has 76 valence electrons. The van der Waals surface area contributed by atoms with Crippen LogP contribution in [0, 0.1) is 5.92 Å². The van der Waals surface area contributed by atoms with Crippen LogP contribution in [-0.2, 0) is 14.3 Å². The Labute approximate surface area is 79.5 Å². The predicted octanol–water partition coefficient (Wildman–Crippen LogP) is 1.94. The van der Waals surface area contributed by atoms with Gasteiger partial charge in [-0.25, -0.2) is 0 Å². The van der Waals surface area contributed by atoms with Gasteiger partial charge in [-0.05, 0) is 13.3 Å². The van der Waals surface area contributed by atoms with Crippen molar-refractivity contribution in [2.75, 3.05) is 6.61 Å². The van der Waals surface area contributed by atoms with Gasteiger partial charge in [0.1, 0.15) is 5.78 Å². The van der Waals surface area contributed by atoms with E-state index in [1.54, 1.807) is 6.92 Å². The molecule has 0 rings (SSSR count). The van der Waals surface area contributed by atoms with Gasteiger partial charge in [0, 0.05) is 6.42 Å². The van der Waals surface area contributed by atoms with Gasteiger partial charge in [0.15, 0.2) is 0 Å². The average Bonchev–Trinajstić information content (AvgIpc) is 2.03. The number of unbranched alkanes of at least 4 members (excludes halogenated alkanes) is 1. The summed E-state index contributed by atoms with van der Waals surface area (Å²) < 4.78 is 4.95. The third-order valence-electron chi connectivity index (χ3n) is 1.74. The Bertz CT molecular complexity index is 175. The van der Waals surface area contributed by atoms with Crippen LogP contribution in [0.2, 0.25) is 0 Å². The molecule has 0 saturated heterocycles. The van der Waals surface area contributed by atoms with Crippen molar-refractivity contribution in [1.82, 2.24) is 0 Å². The molecule has 0 spiro atoms. The van der Waals surface area contributed by atoms with E-state index in [9.17, 15) is 9.59 Å². The number of hydrogen-bond donors (Lipinski definition) is 0. The van der Waals surface area contributed by atoms with E-state index in [4.69, 9.17) is 4.74 Å². The first-order chi connectivity index (χ1) is 6.07. The lowest BCUT2D eigenvalue weighted by molar-refractivity contribution is -0.149. The maximum atomic E-state index is 11.2. The van der Waals surface area contributed by atoms with Crippen LogP contribution in [0.3, 0.4) is 0 Å². The van der Waals surface area contributed by atoms with Gasteiger partial charge in [-0.2, -0.15) is 0 Å². The second-order valence-corrected chi connectivity index (χ2v) is 3.33. The fourth-order valence-electron chi connectivity index (χ4n) is 0.974. The number of hydrogen-bond acceptors (Lipinski definition) is 3. The van der Waals surface area contributed by atoms with E-state index < -0.39 is 0 Å². The molecular formula is C10H18O3. The van der Waals surface area contributed by atoms with Gasteiger partial charge in [-0.1, -0.05) is 20.3 Å². The fourth-order valence-corrected chi connectivity index (χ4v) is 0.974. The van der Waals surface area contributed by atoms with Gasteiger partial charge in [0.2, 0.25) is 0 Å². The highest BCUT2D eigenvalue weighted by molar-refractivity contribution is 5.82. The summed E-state index contributed by atoms with van der Waals surface area (Å²) in [4.78, 5) is 21.9. The Morgan fingerprint density at radius 2 is 2.00 bits per heavy atom. The predicted molar refractivity (Wildman–Crippen MR) is 50.3 cm³/mol. The molecule has 0 amide bonds. The van der Waals surface area contributed by atoms with Gasteiger partial charge in [-0.3, -0.25) is 4.79 Å². The summed E-state index contributed by atoms with van der Waals surface area (Å²) in [5, 5.41) is 0. The lowest BCUT2D eigenvalue weighted by Crippen LogP contribution is -2.17. The minimum Gasteiger partial charge on any atom is -0.465 e. The molecule has 1 atom stereocenters. The highest BCUT2D eigenvalue weighted by Crippen LogP contribution is 2.05. The van der Waals surface area contributed by atoms with Crippen LogP contribution in [0.1, 0.15) is 40.0 Å². The SMILES string of the molecule is CCCCOC(=O)C(C)CC(C)=O. The highest BCUT2D eigenvalue weighted by atomic mass is 16.5. The molecule has 0 heterocycles. The van der Waals surface area contributed by atoms with Gasteiger partial charge in [-0.15, -0.1) is 0 Å². The smallest absolute Gasteiger partial charge is 0.309 e. The van der Waals surface area contributed by atoms with Crippen LogP contribution in [0.25, 0.3) is 0 Å². The van der Waals surface area contributed by atoms with Gasteiger partial charge < -0.3 is 9.53 Å². The van der Waals surface area contributed by atoms with Gasteiger partial charge in [0.25, 0.3) is 0 Å². The van der Waals surface area contributed by atoms with Crippen LogP contribution in [0.5, 0.6) is 0 Å². The molecule has 0 fully saturated rings. The zero-order valence-corrected chi connectivity index (χ0v) is 8.63. The second kappa shape index (κ2) is 6.63. The molecule has 1 unspecified atom stereocenters. The average molecular weight is 186 g/mol. The van der Waals surface area contributed by atoms with E-state index in [1.165, 1.54) is 6.92 Å². The Morgan fingerprint density at radius 1 is 1.38 bits per heavy atom. The van der Waals surface area contributed by atoms with Crippen molar-refractivity contribution in [1.29, 1.82) is 0 Å². The van der Waals surface area contributed by atoms with Gasteiger partial charge in [0.05, 0.1) is 12.5 Å². The summed E-state index contributed by atoms with van der Waals surface area (Å²) in [6, 6.07) is 0. The molecule has 0 aliphatic rings. The molecular weight excluding hydrogens is 168 g/mol. The number of ether oxygens (including phenoxy) is 1. The molecule has 0 saturated carbocycles. The summed E-state index contributed by atoms with van der Waals surface area (Å²) >= 11 is 0. The van der Waals surface area contributed by atoms with E-state index in [0.717, 1.165) is 12.8 Å². The normalized spacial score (nSPS) is 12.2. The molecule has 0 N–H and O–H groups in total. The lowest BCUT2D eigenvalue weighted by atomic mass is 10.1. The third-order valence-corrected chi connectivity index (χ3v) is 1.74. The molecule has 3 heteroatoms. The van der Waals surface area contributed by atoms with Crippen LogP contribution in [0.4, 0.5) is 0 Å². The van der Waals surface area contributed by atoms with E-state index in [1.807, 2.05) is 6.92 Å². The second-order valence-electron chi connectivity index (χ2n) is 3.33. The summed E-state index contributed by atoms with van der Waals surface area (Å²) in [6.45, 7) is 5.70. The van der Waals surface area contributed by atoms with Crippen molar-refractivity contribution in [3.63, 3.8) is 0 Å². The van der Waals surface area contributed by atoms with E-state index >= 15 is 0 Å². The zero-order valence-electron chi connectivity index (χ0n) is 8.63. The standard InChI is InChI=1S/C10H18O3/c1-4-5-6-13-10(12)8(2)7-9(3)11/h8H,4-7H2,1-3H3. The summed E-state index contributed by atoms with van der Waals surface area (Å²) in [5.74, 6) is -0.530. The summed E-state index contributed by atoms with van der Waals surface area (Å²) in [5.41, 5.74) is 0. The molecule has 0 aromatic carbocycles. The Hall–Kier alpha value is -0.860. The van der Waals surface area contributed by atoms with Crippen molar-refractivity contribution in [2.45, 2.75) is 40.0 Å². The minimum atomic E-state index is -0.297. The largest absolute Gasteiger partial charge is 0.465 e. The quantitative estimate of drug-likeness (QED) is 0.470. The van der Waals surface area contributed by atoms with Crippen molar-refractivity contribution < 1.29 is 14.3 Å². The number of ketones is 1. The topological polar surface area (TPSA) is 43.4 Å². The summed E-state index contributed by atoms with van der Waals surface area (Å²) in [6.07, 6.45) is 2.18. The van der Waals surface area contributed by atoms with Crippen LogP contribution in [-0.4, -0.2) is 18.4 Å². The molecule has 13 heavy (non-hydrogen) atoms. The number of esters is 1. The molecule has 0 aliphatic heterocycles. The lowest BCUT2D eigenvalue weighted by Gasteiger charge is -2.08. The molecule has 0 aromatic rings. The molecule has 0 radical (unpaired) electrons. The van der Waals surface area contributed by atoms with Crippen LogP contribution < -0.4 is 0 Å². The van der Waals surface area contributed by atoms with Gasteiger partial charge >= 0.3 is 5.97 Å². The van der Waals surface area contributed by atoms with Crippen molar-refractivity contribution >= 4 is 11.8 Å². The molecule has 0 bridgehead atoms. The first kappa shape index (κ1) is 12.1. The van der Waals surface area contributed by atoms with Crippen molar-refractivity contribution in [2.24, 2.45) is 5.92 Å². The molecule has 3 nitrogen and oxygen atoms in total. The first-order valence-corrected chi connectivity index (χ1v) is 4.74. The number of Topliss-reactive ketones (excluding diaryl/α,β-unsaturated/α-hetero) is 1. The maximum absolute atomic E-state index is 11.2.